The number of nitrogens with one attached hydrogen (secondary N) is 1. The van der Waals surface area contributed by atoms with Crippen molar-refractivity contribution >= 4 is 15.7 Å². The Bertz CT molecular complexity index is 792. The summed E-state index contributed by atoms with van der Waals surface area (Å²) in [5.41, 5.74) is 2.09. The van der Waals surface area contributed by atoms with Gasteiger partial charge in [-0.1, -0.05) is 6.07 Å². The van der Waals surface area contributed by atoms with E-state index in [1.54, 1.807) is 38.2 Å². The molecule has 0 radical (unpaired) electrons. The summed E-state index contributed by atoms with van der Waals surface area (Å²) in [6.45, 7) is 3.46. The first-order chi connectivity index (χ1) is 9.44. The van der Waals surface area contributed by atoms with E-state index in [1.807, 2.05) is 6.07 Å². The van der Waals surface area contributed by atoms with E-state index in [9.17, 15) is 8.42 Å². The molecule has 1 heterocycles. The molecule has 0 fully saturated rings. The minimum absolute atomic E-state index is 0.104. The second kappa shape index (κ2) is 5.31. The molecule has 1 aromatic heterocycles. The highest BCUT2D eigenvalue weighted by atomic mass is 32.2. The molecule has 1 N–H and O–H groups in total. The van der Waals surface area contributed by atoms with Crippen LogP contribution < -0.4 is 4.72 Å². The normalized spacial score (nSPS) is 10.8. The summed E-state index contributed by atoms with van der Waals surface area (Å²) in [4.78, 5) is 4.02. The van der Waals surface area contributed by atoms with Gasteiger partial charge in [-0.15, -0.1) is 0 Å². The zero-order valence-corrected chi connectivity index (χ0v) is 11.9. The van der Waals surface area contributed by atoms with Crippen molar-refractivity contribution in [1.82, 2.24) is 4.98 Å². The van der Waals surface area contributed by atoms with Gasteiger partial charge in [-0.05, 0) is 43.2 Å². The van der Waals surface area contributed by atoms with E-state index in [2.05, 4.69) is 9.71 Å². The van der Waals surface area contributed by atoms with Gasteiger partial charge in [-0.3, -0.25) is 9.71 Å². The van der Waals surface area contributed by atoms with Crippen molar-refractivity contribution in [1.29, 1.82) is 5.26 Å². The van der Waals surface area contributed by atoms with Gasteiger partial charge in [0.1, 0.15) is 0 Å². The second-order valence-corrected chi connectivity index (χ2v) is 6.04. The van der Waals surface area contributed by atoms with E-state index < -0.39 is 10.0 Å². The summed E-state index contributed by atoms with van der Waals surface area (Å²) in [5, 5.41) is 8.88. The van der Waals surface area contributed by atoms with Gasteiger partial charge in [0, 0.05) is 12.4 Å². The average Bonchev–Trinajstić information content (AvgIpc) is 2.41. The molecule has 5 nitrogen and oxygen atoms in total. The molecule has 0 saturated carbocycles. The molecule has 1 aromatic carbocycles. The Hall–Kier alpha value is -2.39. The second-order valence-electron chi connectivity index (χ2n) is 4.39. The number of nitriles is 1. The predicted octanol–water partition coefficient (Wildman–Crippen LogP) is 2.37. The number of pyridine rings is 1. The number of nitrogens with zero attached hydrogens (tertiary/aromatic N) is 2. The molecule has 0 aliphatic heterocycles. The number of aryl methyl sites for hydroxylation is 2. The van der Waals surface area contributed by atoms with Crippen LogP contribution in [0.1, 0.15) is 16.7 Å². The minimum atomic E-state index is -3.73. The smallest absolute Gasteiger partial charge is 0.262 e. The van der Waals surface area contributed by atoms with Gasteiger partial charge >= 0.3 is 0 Å². The van der Waals surface area contributed by atoms with Crippen LogP contribution in [0.3, 0.4) is 0 Å². The third-order valence-corrected chi connectivity index (χ3v) is 4.38. The fourth-order valence-electron chi connectivity index (χ4n) is 1.75. The summed E-state index contributed by atoms with van der Waals surface area (Å²) >= 11 is 0. The molecule has 2 rings (SSSR count). The van der Waals surface area contributed by atoms with Crippen LogP contribution in [-0.4, -0.2) is 13.4 Å². The Balaban J connectivity index is 2.47. The van der Waals surface area contributed by atoms with Crippen molar-refractivity contribution in [3.05, 3.63) is 53.3 Å². The zero-order valence-electron chi connectivity index (χ0n) is 11.1. The number of benzene rings is 1. The summed E-state index contributed by atoms with van der Waals surface area (Å²) in [6, 6.07) is 8.11. The maximum absolute atomic E-state index is 12.4. The maximum Gasteiger partial charge on any atom is 0.262 e. The molecule has 0 bridgehead atoms. The van der Waals surface area contributed by atoms with Gasteiger partial charge in [0.2, 0.25) is 0 Å². The van der Waals surface area contributed by atoms with Crippen molar-refractivity contribution < 1.29 is 8.42 Å². The highest BCUT2D eigenvalue weighted by Gasteiger charge is 2.18. The average molecular weight is 287 g/mol. The SMILES string of the molecule is Cc1cnccc1NS(=O)(=O)c1cc(C#N)ccc1C. The number of aromatic nitrogens is 1. The van der Waals surface area contributed by atoms with E-state index in [0.717, 1.165) is 5.56 Å². The Labute approximate surface area is 118 Å². The molecular formula is C14H13N3O2S. The first-order valence-corrected chi connectivity index (χ1v) is 7.36. The summed E-state index contributed by atoms with van der Waals surface area (Å²) in [7, 11) is -3.73. The highest BCUT2D eigenvalue weighted by molar-refractivity contribution is 7.92. The van der Waals surface area contributed by atoms with Crippen molar-refractivity contribution in [3.63, 3.8) is 0 Å². The molecule has 0 aliphatic rings. The molecule has 0 unspecified atom stereocenters. The van der Waals surface area contributed by atoms with Gasteiger partial charge in [0.05, 0.1) is 22.2 Å². The zero-order chi connectivity index (χ0) is 14.8. The quantitative estimate of drug-likeness (QED) is 0.939. The molecule has 0 saturated heterocycles. The molecule has 0 aliphatic carbocycles. The topological polar surface area (TPSA) is 82.8 Å². The Morgan fingerprint density at radius 1 is 1.20 bits per heavy atom. The van der Waals surface area contributed by atoms with Crippen molar-refractivity contribution in [2.24, 2.45) is 0 Å². The van der Waals surface area contributed by atoms with E-state index in [1.165, 1.54) is 12.3 Å². The first kappa shape index (κ1) is 14.0. The first-order valence-electron chi connectivity index (χ1n) is 5.88. The monoisotopic (exact) mass is 287 g/mol. The molecular weight excluding hydrogens is 274 g/mol. The molecule has 2 aromatic rings. The lowest BCUT2D eigenvalue weighted by Gasteiger charge is -2.12. The fourth-order valence-corrected chi connectivity index (χ4v) is 3.15. The summed E-state index contributed by atoms with van der Waals surface area (Å²) < 4.78 is 27.3. The van der Waals surface area contributed by atoms with Crippen LogP contribution in [0.25, 0.3) is 0 Å². The van der Waals surface area contributed by atoms with E-state index in [0.29, 0.717) is 16.8 Å². The molecule has 102 valence electrons. The van der Waals surface area contributed by atoms with Crippen LogP contribution in [0.5, 0.6) is 0 Å². The van der Waals surface area contributed by atoms with Crippen molar-refractivity contribution in [2.75, 3.05) is 4.72 Å². The van der Waals surface area contributed by atoms with Gasteiger partial charge in [0.25, 0.3) is 10.0 Å². The van der Waals surface area contributed by atoms with Gasteiger partial charge in [-0.2, -0.15) is 5.26 Å². The number of anilines is 1. The number of sulfonamides is 1. The van der Waals surface area contributed by atoms with Crippen LogP contribution in [0.4, 0.5) is 5.69 Å². The highest BCUT2D eigenvalue weighted by Crippen LogP contribution is 2.22. The lowest BCUT2D eigenvalue weighted by atomic mass is 10.2. The van der Waals surface area contributed by atoms with Gasteiger partial charge in [-0.25, -0.2) is 8.42 Å². The van der Waals surface area contributed by atoms with Crippen LogP contribution in [0.15, 0.2) is 41.6 Å². The predicted molar refractivity (Wildman–Crippen MR) is 75.7 cm³/mol. The summed E-state index contributed by atoms with van der Waals surface area (Å²) in [6.07, 6.45) is 3.10. The lowest BCUT2D eigenvalue weighted by molar-refractivity contribution is 0.600. The van der Waals surface area contributed by atoms with Crippen LogP contribution in [0.2, 0.25) is 0 Å². The summed E-state index contributed by atoms with van der Waals surface area (Å²) in [5.74, 6) is 0. The standard InChI is InChI=1S/C14H13N3O2S/c1-10-3-4-12(8-15)7-14(10)20(18,19)17-13-5-6-16-9-11(13)2/h3-7,9H,1-2H3,(H,16,17). The Morgan fingerprint density at radius 2 is 1.95 bits per heavy atom. The van der Waals surface area contributed by atoms with E-state index in [-0.39, 0.29) is 4.90 Å². The van der Waals surface area contributed by atoms with Gasteiger partial charge < -0.3 is 0 Å². The van der Waals surface area contributed by atoms with Crippen LogP contribution >= 0.6 is 0 Å². The molecule has 20 heavy (non-hydrogen) atoms. The van der Waals surface area contributed by atoms with E-state index >= 15 is 0 Å². The van der Waals surface area contributed by atoms with Gasteiger partial charge in [0.15, 0.2) is 0 Å². The fraction of sp³-hybridized carbons (Fsp3) is 0.143. The number of rotatable bonds is 3. The lowest BCUT2D eigenvalue weighted by Crippen LogP contribution is -2.15. The Kier molecular flexibility index (Phi) is 3.72. The van der Waals surface area contributed by atoms with Crippen LogP contribution in [0, 0.1) is 25.2 Å². The molecule has 0 atom stereocenters. The van der Waals surface area contributed by atoms with Crippen molar-refractivity contribution in [3.8, 4) is 6.07 Å². The minimum Gasteiger partial charge on any atom is -0.279 e. The third kappa shape index (κ3) is 2.78. The molecule has 0 amide bonds. The van der Waals surface area contributed by atoms with Crippen molar-refractivity contribution in [2.45, 2.75) is 18.7 Å². The number of hydrogen-bond donors (Lipinski definition) is 1. The van der Waals surface area contributed by atoms with Crippen LogP contribution in [-0.2, 0) is 10.0 Å². The maximum atomic E-state index is 12.4. The number of hydrogen-bond acceptors (Lipinski definition) is 4. The largest absolute Gasteiger partial charge is 0.279 e. The molecule has 6 heteroatoms. The third-order valence-electron chi connectivity index (χ3n) is 2.87. The van der Waals surface area contributed by atoms with E-state index in [4.69, 9.17) is 5.26 Å². The molecule has 0 spiro atoms. The Morgan fingerprint density at radius 3 is 2.60 bits per heavy atom.